The Hall–Kier alpha value is -2.67. The highest BCUT2D eigenvalue weighted by Crippen LogP contribution is 2.29. The molecule has 1 fully saturated rings. The summed E-state index contributed by atoms with van der Waals surface area (Å²) < 4.78 is 5.65. The van der Waals surface area contributed by atoms with E-state index in [0.717, 1.165) is 62.0 Å². The van der Waals surface area contributed by atoms with Gasteiger partial charge < -0.3 is 19.9 Å². The van der Waals surface area contributed by atoms with Crippen LogP contribution in [0.3, 0.4) is 0 Å². The third-order valence-corrected chi connectivity index (χ3v) is 5.75. The van der Waals surface area contributed by atoms with Gasteiger partial charge in [-0.1, -0.05) is 18.2 Å². The van der Waals surface area contributed by atoms with Crippen molar-refractivity contribution in [3.05, 3.63) is 47.4 Å². The van der Waals surface area contributed by atoms with Crippen molar-refractivity contribution in [3.8, 4) is 5.75 Å². The number of amides is 1. The lowest BCUT2D eigenvalue weighted by Gasteiger charge is -2.33. The standard InChI is InChI=1S/C22H29N5O2/c1-23-22-18-14-26(2)12-10-19(18)24-21(25-22)16-7-6-11-27(13-16)20(28)15-29-17-8-4-3-5-9-17/h3-5,8-9,16H,6-7,10-15H2,1-2H3,(H,23,24,25)/t16-/m1/s1. The summed E-state index contributed by atoms with van der Waals surface area (Å²) in [5.41, 5.74) is 2.35. The number of hydrogen-bond donors (Lipinski definition) is 1. The first-order valence-electron chi connectivity index (χ1n) is 10.4. The fraction of sp³-hybridized carbons (Fsp3) is 0.500. The van der Waals surface area contributed by atoms with E-state index in [4.69, 9.17) is 14.7 Å². The van der Waals surface area contributed by atoms with Crippen LogP contribution in [0.4, 0.5) is 5.82 Å². The molecule has 0 saturated carbocycles. The largest absolute Gasteiger partial charge is 0.484 e. The summed E-state index contributed by atoms with van der Waals surface area (Å²) in [6, 6.07) is 9.47. The molecule has 1 atom stereocenters. The zero-order valence-corrected chi connectivity index (χ0v) is 17.2. The Labute approximate surface area is 172 Å². The van der Waals surface area contributed by atoms with Gasteiger partial charge in [0, 0.05) is 51.1 Å². The van der Waals surface area contributed by atoms with Crippen molar-refractivity contribution in [2.24, 2.45) is 0 Å². The van der Waals surface area contributed by atoms with E-state index in [2.05, 4.69) is 17.3 Å². The summed E-state index contributed by atoms with van der Waals surface area (Å²) in [5, 5.41) is 3.25. The normalized spacial score (nSPS) is 19.5. The zero-order valence-electron chi connectivity index (χ0n) is 17.2. The van der Waals surface area contributed by atoms with Crippen LogP contribution in [0.1, 0.15) is 35.8 Å². The van der Waals surface area contributed by atoms with Gasteiger partial charge in [0.25, 0.3) is 5.91 Å². The molecule has 1 aromatic carbocycles. The zero-order chi connectivity index (χ0) is 20.2. The number of piperidine rings is 1. The van der Waals surface area contributed by atoms with E-state index < -0.39 is 0 Å². The van der Waals surface area contributed by atoms with E-state index in [1.54, 1.807) is 0 Å². The molecular formula is C22H29N5O2. The number of anilines is 1. The maximum atomic E-state index is 12.7. The summed E-state index contributed by atoms with van der Waals surface area (Å²) in [6.07, 6.45) is 2.90. The second-order valence-electron chi connectivity index (χ2n) is 7.87. The van der Waals surface area contributed by atoms with Crippen molar-refractivity contribution in [1.82, 2.24) is 19.8 Å². The van der Waals surface area contributed by atoms with E-state index >= 15 is 0 Å². The number of likely N-dealkylation sites (N-methyl/N-ethyl adjacent to an activating group) is 1. The molecule has 0 spiro atoms. The minimum absolute atomic E-state index is 0.0203. The molecule has 0 radical (unpaired) electrons. The molecule has 1 aromatic heterocycles. The highest BCUT2D eigenvalue weighted by atomic mass is 16.5. The van der Waals surface area contributed by atoms with Gasteiger partial charge in [-0.05, 0) is 32.0 Å². The molecule has 154 valence electrons. The van der Waals surface area contributed by atoms with Gasteiger partial charge in [0.15, 0.2) is 6.61 Å². The molecular weight excluding hydrogens is 366 g/mol. The van der Waals surface area contributed by atoms with Crippen LogP contribution in [-0.2, 0) is 17.8 Å². The molecule has 29 heavy (non-hydrogen) atoms. The van der Waals surface area contributed by atoms with Crippen LogP contribution < -0.4 is 10.1 Å². The summed E-state index contributed by atoms with van der Waals surface area (Å²) >= 11 is 0. The van der Waals surface area contributed by atoms with Crippen LogP contribution in [0.5, 0.6) is 5.75 Å². The van der Waals surface area contributed by atoms with Gasteiger partial charge in [-0.3, -0.25) is 4.79 Å². The fourth-order valence-electron chi connectivity index (χ4n) is 4.12. The Morgan fingerprint density at radius 1 is 1.24 bits per heavy atom. The first-order valence-corrected chi connectivity index (χ1v) is 10.4. The second-order valence-corrected chi connectivity index (χ2v) is 7.87. The topological polar surface area (TPSA) is 70.6 Å². The van der Waals surface area contributed by atoms with Gasteiger partial charge in [-0.15, -0.1) is 0 Å². The van der Waals surface area contributed by atoms with Gasteiger partial charge in [0.2, 0.25) is 0 Å². The highest BCUT2D eigenvalue weighted by molar-refractivity contribution is 5.78. The summed E-state index contributed by atoms with van der Waals surface area (Å²) in [6.45, 7) is 3.37. The third kappa shape index (κ3) is 4.50. The molecule has 4 rings (SSSR count). The minimum Gasteiger partial charge on any atom is -0.484 e. The Bertz CT molecular complexity index is 841. The number of aromatic nitrogens is 2. The number of rotatable bonds is 5. The molecule has 0 bridgehead atoms. The molecule has 1 saturated heterocycles. The van der Waals surface area contributed by atoms with Crippen LogP contribution in [0.25, 0.3) is 0 Å². The van der Waals surface area contributed by atoms with Gasteiger partial charge in [-0.2, -0.15) is 0 Å². The first-order chi connectivity index (χ1) is 14.1. The maximum absolute atomic E-state index is 12.7. The number of benzene rings is 1. The van der Waals surface area contributed by atoms with Crippen molar-refractivity contribution < 1.29 is 9.53 Å². The number of likely N-dealkylation sites (tertiary alicyclic amines) is 1. The summed E-state index contributed by atoms with van der Waals surface area (Å²) in [5.74, 6) is 2.69. The molecule has 7 heteroatoms. The molecule has 7 nitrogen and oxygen atoms in total. The van der Waals surface area contributed by atoms with Gasteiger partial charge in [-0.25, -0.2) is 9.97 Å². The number of hydrogen-bond acceptors (Lipinski definition) is 6. The number of carbonyl (C=O) groups excluding carboxylic acids is 1. The number of carbonyl (C=O) groups is 1. The monoisotopic (exact) mass is 395 g/mol. The summed E-state index contributed by atoms with van der Waals surface area (Å²) in [4.78, 5) is 26.6. The smallest absolute Gasteiger partial charge is 0.260 e. The Morgan fingerprint density at radius 3 is 2.86 bits per heavy atom. The molecule has 0 unspecified atom stereocenters. The van der Waals surface area contributed by atoms with Gasteiger partial charge >= 0.3 is 0 Å². The SMILES string of the molecule is CNc1nc([C@@H]2CCCN(C(=O)COc3ccccc3)C2)nc2c1CN(C)CC2. The maximum Gasteiger partial charge on any atom is 0.260 e. The predicted octanol–water partition coefficient (Wildman–Crippen LogP) is 2.29. The molecule has 3 heterocycles. The number of para-hydroxylation sites is 1. The third-order valence-electron chi connectivity index (χ3n) is 5.75. The highest BCUT2D eigenvalue weighted by Gasteiger charge is 2.29. The van der Waals surface area contributed by atoms with Crippen molar-refractivity contribution in [2.45, 2.75) is 31.7 Å². The second kappa shape index (κ2) is 8.78. The Kier molecular flexibility index (Phi) is 5.94. The number of ether oxygens (including phenoxy) is 1. The van der Waals surface area contributed by atoms with Crippen LogP contribution in [0.2, 0.25) is 0 Å². The lowest BCUT2D eigenvalue weighted by atomic mass is 9.96. The van der Waals surface area contributed by atoms with Gasteiger partial charge in [0.05, 0.1) is 5.69 Å². The molecule has 0 aliphatic carbocycles. The van der Waals surface area contributed by atoms with Crippen LogP contribution in [0, 0.1) is 0 Å². The van der Waals surface area contributed by atoms with Crippen molar-refractivity contribution in [3.63, 3.8) is 0 Å². The number of nitrogens with one attached hydrogen (secondary N) is 1. The molecule has 2 aliphatic rings. The molecule has 2 aromatic rings. The Morgan fingerprint density at radius 2 is 2.07 bits per heavy atom. The van der Waals surface area contributed by atoms with E-state index in [1.807, 2.05) is 42.3 Å². The van der Waals surface area contributed by atoms with Crippen molar-refractivity contribution >= 4 is 11.7 Å². The predicted molar refractivity (Wildman–Crippen MR) is 112 cm³/mol. The summed E-state index contributed by atoms with van der Waals surface area (Å²) in [7, 11) is 4.04. The van der Waals surface area contributed by atoms with E-state index in [0.29, 0.717) is 6.54 Å². The first kappa shape index (κ1) is 19.6. The van der Waals surface area contributed by atoms with E-state index in [1.165, 1.54) is 5.56 Å². The van der Waals surface area contributed by atoms with E-state index in [9.17, 15) is 4.79 Å². The van der Waals surface area contributed by atoms with Crippen molar-refractivity contribution in [1.29, 1.82) is 0 Å². The quantitative estimate of drug-likeness (QED) is 0.838. The van der Waals surface area contributed by atoms with Crippen LogP contribution >= 0.6 is 0 Å². The van der Waals surface area contributed by atoms with Crippen LogP contribution in [0.15, 0.2) is 30.3 Å². The van der Waals surface area contributed by atoms with E-state index in [-0.39, 0.29) is 18.4 Å². The lowest BCUT2D eigenvalue weighted by molar-refractivity contribution is -0.134. The average molecular weight is 396 g/mol. The minimum atomic E-state index is 0.0203. The fourth-order valence-corrected chi connectivity index (χ4v) is 4.12. The van der Waals surface area contributed by atoms with Gasteiger partial charge in [0.1, 0.15) is 17.4 Å². The molecule has 2 aliphatic heterocycles. The van der Waals surface area contributed by atoms with Crippen LogP contribution in [-0.4, -0.2) is 66.0 Å². The Balaban J connectivity index is 1.45. The average Bonchev–Trinajstić information content (AvgIpc) is 2.77. The molecule has 1 N–H and O–H groups in total. The lowest BCUT2D eigenvalue weighted by Crippen LogP contribution is -2.42. The number of nitrogens with zero attached hydrogens (tertiary/aromatic N) is 4. The number of fused-ring (bicyclic) bond motifs is 1. The molecule has 1 amide bonds. The van der Waals surface area contributed by atoms with Crippen molar-refractivity contribution in [2.75, 3.05) is 45.7 Å².